The number of aliphatic hydroxyl groups is 1. The van der Waals surface area contributed by atoms with Gasteiger partial charge in [-0.25, -0.2) is 5.43 Å². The summed E-state index contributed by atoms with van der Waals surface area (Å²) >= 11 is 0. The van der Waals surface area contributed by atoms with E-state index in [1.807, 2.05) is 45.0 Å². The summed E-state index contributed by atoms with van der Waals surface area (Å²) in [6, 6.07) is 13.9. The number of hydrogen-bond donors (Lipinski definition) is 5. The molecule has 1 aliphatic heterocycles. The zero-order valence-electron chi connectivity index (χ0n) is 20.0. The van der Waals surface area contributed by atoms with Gasteiger partial charge in [0.15, 0.2) is 0 Å². The fourth-order valence-corrected chi connectivity index (χ4v) is 3.63. The van der Waals surface area contributed by atoms with Crippen LogP contribution in [0.3, 0.4) is 0 Å². The Labute approximate surface area is 199 Å². The van der Waals surface area contributed by atoms with Gasteiger partial charge in [0.2, 0.25) is 5.91 Å². The number of rotatable bonds is 8. The SMILES string of the molecule is COc1ccccc1C(=O)NCc1ccc(C2NN(CC(O)C(C)(C)C)C(N)=C2C(N)=O)cc1. The zero-order chi connectivity index (χ0) is 25.0. The predicted octanol–water partition coefficient (Wildman–Crippen LogP) is 1.55. The summed E-state index contributed by atoms with van der Waals surface area (Å²) in [5.41, 5.74) is 17.0. The fourth-order valence-electron chi connectivity index (χ4n) is 3.63. The third-order valence-corrected chi connectivity index (χ3v) is 5.88. The number of methoxy groups -OCH3 is 1. The predicted molar refractivity (Wildman–Crippen MR) is 129 cm³/mol. The number of carbonyl (C=O) groups is 2. The normalized spacial score (nSPS) is 17.0. The lowest BCUT2D eigenvalue weighted by Gasteiger charge is -2.31. The lowest BCUT2D eigenvalue weighted by molar-refractivity contribution is -0.114. The molecule has 2 atom stereocenters. The van der Waals surface area contributed by atoms with E-state index in [9.17, 15) is 14.7 Å². The van der Waals surface area contributed by atoms with Gasteiger partial charge in [0, 0.05) is 6.54 Å². The monoisotopic (exact) mass is 467 g/mol. The molecule has 0 spiro atoms. The molecule has 34 heavy (non-hydrogen) atoms. The first-order valence-electron chi connectivity index (χ1n) is 11.0. The number of nitrogens with zero attached hydrogens (tertiary/aromatic N) is 1. The van der Waals surface area contributed by atoms with Crippen molar-refractivity contribution in [2.45, 2.75) is 39.5 Å². The van der Waals surface area contributed by atoms with Crippen molar-refractivity contribution < 1.29 is 19.4 Å². The molecule has 9 nitrogen and oxygen atoms in total. The van der Waals surface area contributed by atoms with E-state index in [1.165, 1.54) is 7.11 Å². The van der Waals surface area contributed by atoms with Crippen LogP contribution >= 0.6 is 0 Å². The van der Waals surface area contributed by atoms with Crippen molar-refractivity contribution in [3.05, 3.63) is 76.6 Å². The van der Waals surface area contributed by atoms with E-state index < -0.39 is 18.1 Å². The van der Waals surface area contributed by atoms with E-state index in [2.05, 4.69) is 10.7 Å². The van der Waals surface area contributed by atoms with Gasteiger partial charge in [0.05, 0.1) is 36.9 Å². The van der Waals surface area contributed by atoms with E-state index >= 15 is 0 Å². The summed E-state index contributed by atoms with van der Waals surface area (Å²) in [4.78, 5) is 24.7. The second kappa shape index (κ2) is 10.1. The lowest BCUT2D eigenvalue weighted by atomic mass is 9.89. The standard InChI is InChI=1S/C25H33N5O4/c1-25(2,3)19(31)14-30-22(26)20(23(27)32)21(29-30)16-11-9-15(10-12-16)13-28-24(33)17-7-5-6-8-18(17)34-4/h5-12,19,21,29,31H,13-14,26H2,1-4H3,(H2,27,32)(H,28,33). The molecule has 0 radical (unpaired) electrons. The van der Waals surface area contributed by atoms with E-state index in [0.717, 1.165) is 11.1 Å². The average Bonchev–Trinajstić information content (AvgIpc) is 3.13. The molecule has 0 bridgehead atoms. The number of amides is 2. The smallest absolute Gasteiger partial charge is 0.255 e. The summed E-state index contributed by atoms with van der Waals surface area (Å²) in [5, 5.41) is 14.9. The number of primary amides is 1. The van der Waals surface area contributed by atoms with Gasteiger partial charge in [0.1, 0.15) is 11.6 Å². The van der Waals surface area contributed by atoms with Crippen LogP contribution in [-0.2, 0) is 11.3 Å². The van der Waals surface area contributed by atoms with Crippen LogP contribution < -0.4 is 26.9 Å². The molecule has 0 aliphatic carbocycles. The van der Waals surface area contributed by atoms with Crippen molar-refractivity contribution >= 4 is 11.8 Å². The minimum absolute atomic E-state index is 0.203. The average molecular weight is 468 g/mol. The molecule has 0 saturated heterocycles. The number of aliphatic hydroxyl groups excluding tert-OH is 1. The molecule has 2 aromatic rings. The summed E-state index contributed by atoms with van der Waals surface area (Å²) in [6.07, 6.45) is -0.680. The van der Waals surface area contributed by atoms with Crippen LogP contribution in [0.15, 0.2) is 59.9 Å². The molecule has 2 aromatic carbocycles. The van der Waals surface area contributed by atoms with Crippen molar-refractivity contribution in [2.75, 3.05) is 13.7 Å². The minimum Gasteiger partial charge on any atom is -0.496 e. The third kappa shape index (κ3) is 5.49. The summed E-state index contributed by atoms with van der Waals surface area (Å²) < 4.78 is 5.24. The zero-order valence-corrected chi connectivity index (χ0v) is 20.0. The highest BCUT2D eigenvalue weighted by Gasteiger charge is 2.36. The van der Waals surface area contributed by atoms with Crippen molar-refractivity contribution in [3.63, 3.8) is 0 Å². The van der Waals surface area contributed by atoms with Gasteiger partial charge < -0.3 is 26.6 Å². The Bertz CT molecular complexity index is 1080. The van der Waals surface area contributed by atoms with Gasteiger partial charge in [0.25, 0.3) is 5.91 Å². The number of β-amino-alcohol motifs (C(OH)–C–C–N with tert-alkyl or cyclic N) is 1. The lowest BCUT2D eigenvalue weighted by Crippen LogP contribution is -2.45. The highest BCUT2D eigenvalue weighted by molar-refractivity contribution is 5.97. The molecular weight excluding hydrogens is 434 g/mol. The van der Waals surface area contributed by atoms with Gasteiger partial charge >= 0.3 is 0 Å². The molecular formula is C25H33N5O4. The maximum absolute atomic E-state index is 12.5. The number of nitrogens with two attached hydrogens (primary N) is 2. The summed E-state index contributed by atoms with van der Waals surface area (Å²) in [6.45, 7) is 6.29. The number of para-hydroxylation sites is 1. The van der Waals surface area contributed by atoms with Gasteiger partial charge in [-0.1, -0.05) is 57.2 Å². The van der Waals surface area contributed by atoms with Crippen molar-refractivity contribution in [2.24, 2.45) is 16.9 Å². The van der Waals surface area contributed by atoms with Gasteiger partial charge in [-0.3, -0.25) is 14.6 Å². The Morgan fingerprint density at radius 3 is 2.41 bits per heavy atom. The van der Waals surface area contributed by atoms with Gasteiger partial charge in [-0.2, -0.15) is 0 Å². The maximum Gasteiger partial charge on any atom is 0.255 e. The quantitative estimate of drug-likeness (QED) is 0.396. The molecule has 0 aromatic heterocycles. The molecule has 182 valence electrons. The number of hydrogen-bond acceptors (Lipinski definition) is 7. The number of benzene rings is 2. The van der Waals surface area contributed by atoms with Crippen LogP contribution in [0.25, 0.3) is 0 Å². The molecule has 0 fully saturated rings. The van der Waals surface area contributed by atoms with Crippen LogP contribution in [0.1, 0.15) is 48.3 Å². The van der Waals surface area contributed by atoms with Crippen molar-refractivity contribution in [1.82, 2.24) is 15.8 Å². The molecule has 3 rings (SSSR count). The first-order chi connectivity index (χ1) is 16.0. The fraction of sp³-hybridized carbons (Fsp3) is 0.360. The molecule has 2 unspecified atom stereocenters. The van der Waals surface area contributed by atoms with Crippen LogP contribution in [0.5, 0.6) is 5.75 Å². The molecule has 1 aliphatic rings. The largest absolute Gasteiger partial charge is 0.496 e. The van der Waals surface area contributed by atoms with Crippen molar-refractivity contribution in [3.8, 4) is 5.75 Å². The van der Waals surface area contributed by atoms with Crippen LogP contribution in [0.2, 0.25) is 0 Å². The summed E-state index contributed by atoms with van der Waals surface area (Å²) in [7, 11) is 1.52. The highest BCUT2D eigenvalue weighted by Crippen LogP contribution is 2.31. The Balaban J connectivity index is 1.70. The molecule has 1 heterocycles. The van der Waals surface area contributed by atoms with Crippen LogP contribution in [0.4, 0.5) is 0 Å². The molecule has 0 saturated carbocycles. The third-order valence-electron chi connectivity index (χ3n) is 5.88. The second-order valence-corrected chi connectivity index (χ2v) is 9.34. The first kappa shape index (κ1) is 25.1. The minimum atomic E-state index is -0.680. The molecule has 7 N–H and O–H groups in total. The molecule has 9 heteroatoms. The maximum atomic E-state index is 12.5. The topological polar surface area (TPSA) is 143 Å². The highest BCUT2D eigenvalue weighted by atomic mass is 16.5. The first-order valence-corrected chi connectivity index (χ1v) is 11.0. The van der Waals surface area contributed by atoms with Gasteiger partial charge in [-0.05, 0) is 28.7 Å². The number of ether oxygens (including phenoxy) is 1. The van der Waals surface area contributed by atoms with E-state index in [-0.39, 0.29) is 29.3 Å². The number of nitrogens with one attached hydrogen (secondary N) is 2. The van der Waals surface area contributed by atoms with E-state index in [1.54, 1.807) is 29.3 Å². The Morgan fingerprint density at radius 1 is 1.18 bits per heavy atom. The van der Waals surface area contributed by atoms with E-state index in [4.69, 9.17) is 16.2 Å². The number of hydrazine groups is 1. The van der Waals surface area contributed by atoms with Crippen LogP contribution in [-0.4, -0.2) is 41.7 Å². The number of carbonyl (C=O) groups excluding carboxylic acids is 2. The Kier molecular flexibility index (Phi) is 7.48. The Hall–Kier alpha value is -3.56. The van der Waals surface area contributed by atoms with E-state index in [0.29, 0.717) is 17.9 Å². The molecule has 2 amide bonds. The Morgan fingerprint density at radius 2 is 1.82 bits per heavy atom. The van der Waals surface area contributed by atoms with Gasteiger partial charge in [-0.15, -0.1) is 0 Å². The van der Waals surface area contributed by atoms with Crippen molar-refractivity contribution in [1.29, 1.82) is 0 Å². The second-order valence-electron chi connectivity index (χ2n) is 9.34. The van der Waals surface area contributed by atoms with Crippen LogP contribution in [0, 0.1) is 5.41 Å². The summed E-state index contributed by atoms with van der Waals surface area (Å²) in [5.74, 6) is -0.157.